The summed E-state index contributed by atoms with van der Waals surface area (Å²) in [5, 5.41) is 0. The second kappa shape index (κ2) is 15.0. The number of furan rings is 1. The van der Waals surface area contributed by atoms with Crippen LogP contribution >= 0.6 is 0 Å². The van der Waals surface area contributed by atoms with Gasteiger partial charge in [0.15, 0.2) is 5.78 Å². The number of hydrogen-bond donors (Lipinski definition) is 0. The lowest BCUT2D eigenvalue weighted by Crippen LogP contribution is -2.33. The molecule has 1 saturated heterocycles. The molecule has 0 aliphatic carbocycles. The Morgan fingerprint density at radius 1 is 1.00 bits per heavy atom. The summed E-state index contributed by atoms with van der Waals surface area (Å²) < 4.78 is 5.62. The quantitative estimate of drug-likeness (QED) is 0.139. The summed E-state index contributed by atoms with van der Waals surface area (Å²) in [6, 6.07) is 18.8. The highest BCUT2D eigenvalue weighted by atomic mass is 16.3. The van der Waals surface area contributed by atoms with Crippen LogP contribution in [0.5, 0.6) is 0 Å². The smallest absolute Gasteiger partial charge is 0.162 e. The minimum atomic E-state index is 0.172. The van der Waals surface area contributed by atoms with Gasteiger partial charge in [-0.3, -0.25) is 9.59 Å². The highest BCUT2D eigenvalue weighted by Crippen LogP contribution is 2.35. The summed E-state index contributed by atoms with van der Waals surface area (Å²) in [4.78, 5) is 27.8. The molecule has 0 bridgehead atoms. The van der Waals surface area contributed by atoms with Crippen molar-refractivity contribution in [3.05, 3.63) is 95.5 Å². The van der Waals surface area contributed by atoms with E-state index in [4.69, 9.17) is 4.42 Å². The first-order valence-corrected chi connectivity index (χ1v) is 15.6. The van der Waals surface area contributed by atoms with E-state index in [0.29, 0.717) is 43.3 Å². The van der Waals surface area contributed by atoms with Crippen molar-refractivity contribution in [1.82, 2.24) is 0 Å². The number of nitrogens with zero attached hydrogens (tertiary/aromatic N) is 1. The molecule has 2 heterocycles. The lowest BCUT2D eigenvalue weighted by molar-refractivity contribution is -0.120. The number of ketones is 2. The van der Waals surface area contributed by atoms with Crippen molar-refractivity contribution in [2.75, 3.05) is 18.0 Å². The number of hydrogen-bond acceptors (Lipinski definition) is 4. The monoisotopic (exact) mass is 553 g/mol. The first-order chi connectivity index (χ1) is 19.9. The molecule has 218 valence electrons. The molecule has 1 fully saturated rings. The highest BCUT2D eigenvalue weighted by molar-refractivity contribution is 5.97. The van der Waals surface area contributed by atoms with Gasteiger partial charge in [-0.15, -0.1) is 0 Å². The zero-order chi connectivity index (χ0) is 29.2. The molecule has 0 spiro atoms. The van der Waals surface area contributed by atoms with E-state index in [1.54, 1.807) is 6.26 Å². The average Bonchev–Trinajstić information content (AvgIpc) is 3.53. The number of carbonyl (C=O) groups is 2. The van der Waals surface area contributed by atoms with E-state index >= 15 is 0 Å². The summed E-state index contributed by atoms with van der Waals surface area (Å²) in [6.07, 6.45) is 10.0. The van der Waals surface area contributed by atoms with E-state index in [1.165, 1.54) is 16.8 Å². The molecule has 0 radical (unpaired) electrons. The summed E-state index contributed by atoms with van der Waals surface area (Å²) in [5.41, 5.74) is 6.84. The maximum atomic E-state index is 13.2. The molecule has 4 nitrogen and oxygen atoms in total. The number of piperidine rings is 1. The van der Waals surface area contributed by atoms with Crippen molar-refractivity contribution in [2.24, 2.45) is 5.92 Å². The Morgan fingerprint density at radius 2 is 1.76 bits per heavy atom. The second-order valence-corrected chi connectivity index (χ2v) is 12.0. The zero-order valence-electron chi connectivity index (χ0n) is 25.3. The Morgan fingerprint density at radius 3 is 2.46 bits per heavy atom. The van der Waals surface area contributed by atoms with Crippen molar-refractivity contribution < 1.29 is 14.0 Å². The number of allylic oxidation sites excluding steroid dienone is 1. The van der Waals surface area contributed by atoms with Gasteiger partial charge in [0.25, 0.3) is 0 Å². The third-order valence-corrected chi connectivity index (χ3v) is 8.77. The van der Waals surface area contributed by atoms with Crippen LogP contribution in [0.25, 0.3) is 5.57 Å². The van der Waals surface area contributed by atoms with Gasteiger partial charge in [0.05, 0.1) is 6.26 Å². The molecule has 3 aromatic rings. The zero-order valence-corrected chi connectivity index (χ0v) is 25.3. The van der Waals surface area contributed by atoms with Gasteiger partial charge >= 0.3 is 0 Å². The SMILES string of the molecule is C=C(Cc1cc(C(=O)CCCCCC(=O)CC(C)CC)ccc1N1CCC(c2ccccc2C)CC1)c1ccco1. The van der Waals surface area contributed by atoms with Gasteiger partial charge in [0.1, 0.15) is 11.5 Å². The minimum absolute atomic E-state index is 0.172. The maximum Gasteiger partial charge on any atom is 0.162 e. The van der Waals surface area contributed by atoms with Crippen LogP contribution in [0.15, 0.2) is 71.9 Å². The second-order valence-electron chi connectivity index (χ2n) is 12.0. The molecule has 1 aliphatic rings. The van der Waals surface area contributed by atoms with E-state index in [9.17, 15) is 9.59 Å². The maximum absolute atomic E-state index is 13.2. The molecule has 1 atom stereocenters. The third-order valence-electron chi connectivity index (χ3n) is 8.77. The van der Waals surface area contributed by atoms with Crippen LogP contribution in [0.2, 0.25) is 0 Å². The molecule has 41 heavy (non-hydrogen) atoms. The first kappa shape index (κ1) is 30.6. The first-order valence-electron chi connectivity index (χ1n) is 15.6. The van der Waals surface area contributed by atoms with E-state index in [2.05, 4.69) is 68.6 Å². The van der Waals surface area contributed by atoms with Crippen molar-refractivity contribution in [2.45, 2.75) is 90.9 Å². The summed E-state index contributed by atoms with van der Waals surface area (Å²) in [5.74, 6) is 2.36. The predicted octanol–water partition coefficient (Wildman–Crippen LogP) is 9.37. The molecule has 0 saturated carbocycles. The number of benzene rings is 2. The van der Waals surface area contributed by atoms with Crippen LogP contribution in [0, 0.1) is 12.8 Å². The molecular weight excluding hydrogens is 506 g/mol. The van der Waals surface area contributed by atoms with Gasteiger partial charge < -0.3 is 9.32 Å². The lowest BCUT2D eigenvalue weighted by atomic mass is 9.86. The Labute approximate surface area is 246 Å². The van der Waals surface area contributed by atoms with E-state index < -0.39 is 0 Å². The fraction of sp³-hybridized carbons (Fsp3) is 0.459. The standard InChI is InChI=1S/C37H47NO3/c1-5-27(2)24-33(39)13-7-6-8-15-36(40)31-17-18-35(32(26-31)25-29(4)37-16-11-23-41-37)38-21-19-30(20-22-38)34-14-10-9-12-28(34)3/h9-12,14,16-18,23,26-27,30H,4-8,13,15,19-22,24-25H2,1-3H3. The Balaban J connectivity index is 1.40. The number of Topliss-reactive ketones (excluding diaryl/α,β-unsaturated/α-hetero) is 2. The molecule has 4 heteroatoms. The van der Waals surface area contributed by atoms with Gasteiger partial charge in [-0.25, -0.2) is 0 Å². The molecule has 4 rings (SSSR count). The van der Waals surface area contributed by atoms with E-state index in [1.807, 2.05) is 18.2 Å². The minimum Gasteiger partial charge on any atom is -0.465 e. The highest BCUT2D eigenvalue weighted by Gasteiger charge is 2.24. The van der Waals surface area contributed by atoms with Crippen LogP contribution in [-0.4, -0.2) is 24.7 Å². The van der Waals surface area contributed by atoms with Crippen LogP contribution in [0.1, 0.15) is 110 Å². The molecule has 1 aliphatic heterocycles. The number of unbranched alkanes of at least 4 members (excludes halogenated alkanes) is 2. The van der Waals surface area contributed by atoms with Gasteiger partial charge in [-0.1, -0.05) is 57.5 Å². The van der Waals surface area contributed by atoms with E-state index in [-0.39, 0.29) is 5.78 Å². The Bertz CT molecular complexity index is 1300. The van der Waals surface area contributed by atoms with Crippen LogP contribution < -0.4 is 4.90 Å². The molecule has 2 aromatic carbocycles. The van der Waals surface area contributed by atoms with E-state index in [0.717, 1.165) is 74.1 Å². The molecular formula is C37H47NO3. The summed E-state index contributed by atoms with van der Waals surface area (Å²) in [6.45, 7) is 12.7. The lowest BCUT2D eigenvalue weighted by Gasteiger charge is -2.35. The van der Waals surface area contributed by atoms with Crippen molar-refractivity contribution in [1.29, 1.82) is 0 Å². The number of aryl methyl sites for hydroxylation is 1. The van der Waals surface area contributed by atoms with Gasteiger partial charge in [-0.05, 0) is 97.0 Å². The molecule has 0 amide bonds. The summed E-state index contributed by atoms with van der Waals surface area (Å²) >= 11 is 0. The number of carbonyl (C=O) groups excluding carboxylic acids is 2. The fourth-order valence-corrected chi connectivity index (χ4v) is 6.05. The van der Waals surface area contributed by atoms with Crippen LogP contribution in [0.4, 0.5) is 5.69 Å². The van der Waals surface area contributed by atoms with Gasteiger partial charge in [0.2, 0.25) is 0 Å². The molecule has 1 aromatic heterocycles. The largest absolute Gasteiger partial charge is 0.465 e. The van der Waals surface area contributed by atoms with Crippen molar-refractivity contribution in [3.63, 3.8) is 0 Å². The molecule has 1 unspecified atom stereocenters. The van der Waals surface area contributed by atoms with Crippen molar-refractivity contribution >= 4 is 22.8 Å². The topological polar surface area (TPSA) is 50.5 Å². The van der Waals surface area contributed by atoms with Crippen LogP contribution in [-0.2, 0) is 11.2 Å². The third kappa shape index (κ3) is 8.55. The molecule has 0 N–H and O–H groups in total. The number of anilines is 1. The van der Waals surface area contributed by atoms with Gasteiger partial charge in [0, 0.05) is 50.0 Å². The average molecular weight is 554 g/mol. The Kier molecular flexibility index (Phi) is 11.2. The normalized spacial score (nSPS) is 14.7. The Hall–Kier alpha value is -3.40. The van der Waals surface area contributed by atoms with Crippen molar-refractivity contribution in [3.8, 4) is 0 Å². The summed E-state index contributed by atoms with van der Waals surface area (Å²) in [7, 11) is 0. The van der Waals surface area contributed by atoms with Crippen LogP contribution in [0.3, 0.4) is 0 Å². The fourth-order valence-electron chi connectivity index (χ4n) is 6.05. The predicted molar refractivity (Wildman–Crippen MR) is 170 cm³/mol. The number of rotatable bonds is 15. The van der Waals surface area contributed by atoms with Gasteiger partial charge in [-0.2, -0.15) is 0 Å².